The van der Waals surface area contributed by atoms with Crippen LogP contribution in [0.15, 0.2) is 40.5 Å². The summed E-state index contributed by atoms with van der Waals surface area (Å²) in [6.45, 7) is 5.20. The first-order chi connectivity index (χ1) is 14.4. The van der Waals surface area contributed by atoms with E-state index in [1.165, 1.54) is 11.3 Å². The first-order valence-electron chi connectivity index (χ1n) is 9.16. The summed E-state index contributed by atoms with van der Waals surface area (Å²) in [6, 6.07) is 8.35. The van der Waals surface area contributed by atoms with Crippen molar-refractivity contribution in [3.63, 3.8) is 0 Å². The molecule has 152 valence electrons. The third-order valence-electron chi connectivity index (χ3n) is 4.75. The molecule has 0 aliphatic heterocycles. The molecule has 0 saturated heterocycles. The molecule has 0 aliphatic carbocycles. The molecule has 0 amide bonds. The van der Waals surface area contributed by atoms with E-state index in [0.717, 1.165) is 22.2 Å². The summed E-state index contributed by atoms with van der Waals surface area (Å²) in [6.07, 6.45) is 0. The molecule has 0 saturated carbocycles. The molecule has 0 fully saturated rings. The number of aromatic amines is 1. The number of ketones is 1. The first-order valence-corrected chi connectivity index (χ1v) is 10.0. The van der Waals surface area contributed by atoms with E-state index in [1.807, 2.05) is 30.7 Å². The van der Waals surface area contributed by atoms with Crippen LogP contribution < -0.4 is 5.56 Å². The number of thiazole rings is 1. The maximum absolute atomic E-state index is 12.7. The van der Waals surface area contributed by atoms with Crippen LogP contribution >= 0.6 is 11.3 Å². The minimum atomic E-state index is -0.778. The number of aryl methyl sites for hydroxylation is 2. The van der Waals surface area contributed by atoms with Gasteiger partial charge in [-0.05, 0) is 32.9 Å². The fourth-order valence-corrected chi connectivity index (χ4v) is 4.24. The van der Waals surface area contributed by atoms with Crippen LogP contribution in [0.25, 0.3) is 15.9 Å². The maximum Gasteiger partial charge on any atom is 0.359 e. The lowest BCUT2D eigenvalue weighted by molar-refractivity contribution is 0.0469. The molecule has 0 bridgehead atoms. The Morgan fingerprint density at radius 3 is 2.60 bits per heavy atom. The summed E-state index contributed by atoms with van der Waals surface area (Å²) in [5, 5.41) is 9.50. The van der Waals surface area contributed by atoms with Gasteiger partial charge in [-0.3, -0.25) is 14.2 Å². The SMILES string of the molecule is Cc1csc(-n2c(C)cc(C(=O)COC(=O)c3n[nH]c(=O)c4ccccc34)c2C)n1. The van der Waals surface area contributed by atoms with Crippen LogP contribution in [0.2, 0.25) is 0 Å². The Hall–Kier alpha value is -3.59. The van der Waals surface area contributed by atoms with Crippen molar-refractivity contribution in [1.29, 1.82) is 0 Å². The second-order valence-corrected chi connectivity index (χ2v) is 7.67. The van der Waals surface area contributed by atoms with Crippen LogP contribution in [-0.2, 0) is 4.74 Å². The minimum Gasteiger partial charge on any atom is -0.452 e. The van der Waals surface area contributed by atoms with Crippen molar-refractivity contribution in [3.8, 4) is 5.13 Å². The number of rotatable bonds is 5. The van der Waals surface area contributed by atoms with Crippen LogP contribution in [-0.4, -0.2) is 38.1 Å². The number of benzene rings is 1. The van der Waals surface area contributed by atoms with E-state index in [-0.39, 0.29) is 11.5 Å². The van der Waals surface area contributed by atoms with Crippen LogP contribution in [0.4, 0.5) is 0 Å². The molecule has 4 rings (SSSR count). The molecule has 1 aromatic carbocycles. The smallest absolute Gasteiger partial charge is 0.359 e. The highest BCUT2D eigenvalue weighted by molar-refractivity contribution is 7.12. The molecule has 3 heterocycles. The number of fused-ring (bicyclic) bond motifs is 1. The largest absolute Gasteiger partial charge is 0.452 e. The molecular weight excluding hydrogens is 404 g/mol. The molecule has 0 unspecified atom stereocenters. The van der Waals surface area contributed by atoms with Gasteiger partial charge in [0, 0.05) is 27.7 Å². The Morgan fingerprint density at radius 1 is 1.17 bits per heavy atom. The lowest BCUT2D eigenvalue weighted by Crippen LogP contribution is -2.19. The highest BCUT2D eigenvalue weighted by Gasteiger charge is 2.21. The Balaban J connectivity index is 1.56. The van der Waals surface area contributed by atoms with Crippen molar-refractivity contribution >= 4 is 33.9 Å². The number of esters is 1. The Morgan fingerprint density at radius 2 is 1.90 bits per heavy atom. The van der Waals surface area contributed by atoms with Gasteiger partial charge in [-0.1, -0.05) is 18.2 Å². The minimum absolute atomic E-state index is 0.0401. The third-order valence-corrected chi connectivity index (χ3v) is 5.70. The zero-order chi connectivity index (χ0) is 21.4. The van der Waals surface area contributed by atoms with E-state index >= 15 is 0 Å². The van der Waals surface area contributed by atoms with Gasteiger partial charge in [0.2, 0.25) is 5.78 Å². The summed E-state index contributed by atoms with van der Waals surface area (Å²) < 4.78 is 7.12. The topological polar surface area (TPSA) is 107 Å². The zero-order valence-corrected chi connectivity index (χ0v) is 17.4. The first kappa shape index (κ1) is 19.7. The van der Waals surface area contributed by atoms with Gasteiger partial charge in [-0.15, -0.1) is 11.3 Å². The van der Waals surface area contributed by atoms with Crippen molar-refractivity contribution < 1.29 is 14.3 Å². The van der Waals surface area contributed by atoms with Gasteiger partial charge >= 0.3 is 5.97 Å². The second-order valence-electron chi connectivity index (χ2n) is 6.84. The van der Waals surface area contributed by atoms with Crippen molar-refractivity contribution in [2.24, 2.45) is 0 Å². The normalized spacial score (nSPS) is 11.0. The van der Waals surface area contributed by atoms with Crippen LogP contribution in [0.3, 0.4) is 0 Å². The Kier molecular flexibility index (Phi) is 5.04. The summed E-state index contributed by atoms with van der Waals surface area (Å²) in [5.41, 5.74) is 2.53. The number of nitrogens with zero attached hydrogens (tertiary/aromatic N) is 3. The van der Waals surface area contributed by atoms with Crippen molar-refractivity contribution in [3.05, 3.63) is 74.4 Å². The maximum atomic E-state index is 12.7. The van der Waals surface area contributed by atoms with Gasteiger partial charge in [-0.2, -0.15) is 5.10 Å². The number of hydrogen-bond donors (Lipinski definition) is 1. The fraction of sp³-hybridized carbons (Fsp3) is 0.190. The highest BCUT2D eigenvalue weighted by Crippen LogP contribution is 2.24. The number of ether oxygens (including phenoxy) is 1. The monoisotopic (exact) mass is 422 g/mol. The van der Waals surface area contributed by atoms with Crippen molar-refractivity contribution in [2.75, 3.05) is 6.61 Å². The van der Waals surface area contributed by atoms with Crippen molar-refractivity contribution in [1.82, 2.24) is 19.7 Å². The predicted molar refractivity (Wildman–Crippen MR) is 113 cm³/mol. The van der Waals surface area contributed by atoms with Gasteiger partial charge in [0.25, 0.3) is 5.56 Å². The van der Waals surface area contributed by atoms with Gasteiger partial charge in [0.05, 0.1) is 11.1 Å². The number of aromatic nitrogens is 4. The van der Waals surface area contributed by atoms with Crippen LogP contribution in [0, 0.1) is 20.8 Å². The summed E-state index contributed by atoms with van der Waals surface area (Å²) >= 11 is 1.49. The summed E-state index contributed by atoms with van der Waals surface area (Å²) in [4.78, 5) is 41.6. The molecular formula is C21H18N4O4S. The van der Waals surface area contributed by atoms with E-state index in [2.05, 4.69) is 15.2 Å². The number of nitrogens with one attached hydrogen (secondary N) is 1. The molecule has 0 spiro atoms. The molecule has 9 heteroatoms. The molecule has 0 aliphatic rings. The average Bonchev–Trinajstić information content (AvgIpc) is 3.28. The standard InChI is InChI=1S/C21H18N4O4S/c1-11-10-30-21(22-11)25-12(2)8-16(13(25)3)17(26)9-29-20(28)18-14-6-4-5-7-15(14)19(27)24-23-18/h4-8,10H,9H2,1-3H3,(H,24,27). The van der Waals surface area contributed by atoms with Crippen LogP contribution in [0.5, 0.6) is 0 Å². The number of carbonyl (C=O) groups is 2. The van der Waals surface area contributed by atoms with Gasteiger partial charge in [0.15, 0.2) is 17.4 Å². The molecule has 4 aromatic rings. The van der Waals surface area contributed by atoms with E-state index in [0.29, 0.717) is 16.3 Å². The van der Waals surface area contributed by atoms with E-state index < -0.39 is 18.1 Å². The second kappa shape index (κ2) is 7.68. The van der Waals surface area contributed by atoms with E-state index in [4.69, 9.17) is 4.74 Å². The van der Waals surface area contributed by atoms with Gasteiger partial charge < -0.3 is 4.74 Å². The number of Topliss-reactive ketones (excluding diaryl/α,β-unsaturated/α-hetero) is 1. The van der Waals surface area contributed by atoms with Crippen molar-refractivity contribution in [2.45, 2.75) is 20.8 Å². The Bertz CT molecular complexity index is 1350. The number of hydrogen-bond acceptors (Lipinski definition) is 7. The van der Waals surface area contributed by atoms with Gasteiger partial charge in [0.1, 0.15) is 0 Å². The van der Waals surface area contributed by atoms with Gasteiger partial charge in [-0.25, -0.2) is 14.9 Å². The molecule has 1 N–H and O–H groups in total. The Labute approximate surface area is 175 Å². The summed E-state index contributed by atoms with van der Waals surface area (Å²) in [5.74, 6) is -1.11. The molecule has 8 nitrogen and oxygen atoms in total. The molecule has 30 heavy (non-hydrogen) atoms. The quantitative estimate of drug-likeness (QED) is 0.391. The van der Waals surface area contributed by atoms with Crippen LogP contribution in [0.1, 0.15) is 37.9 Å². The zero-order valence-electron chi connectivity index (χ0n) is 16.6. The molecule has 0 atom stereocenters. The van der Waals surface area contributed by atoms with E-state index in [1.54, 1.807) is 30.3 Å². The predicted octanol–water partition coefficient (Wildman–Crippen LogP) is 3.14. The third kappa shape index (κ3) is 3.43. The fourth-order valence-electron chi connectivity index (χ4n) is 3.33. The molecule has 0 radical (unpaired) electrons. The lowest BCUT2D eigenvalue weighted by atomic mass is 10.1. The molecule has 3 aromatic heterocycles. The number of carbonyl (C=O) groups excluding carboxylic acids is 2. The lowest BCUT2D eigenvalue weighted by Gasteiger charge is -2.07. The number of H-pyrrole nitrogens is 1. The summed E-state index contributed by atoms with van der Waals surface area (Å²) in [7, 11) is 0. The highest BCUT2D eigenvalue weighted by atomic mass is 32.1. The average molecular weight is 422 g/mol. The van der Waals surface area contributed by atoms with E-state index in [9.17, 15) is 14.4 Å².